The molecule has 3 aromatic rings. The Balaban J connectivity index is 2.28. The largest absolute Gasteiger partial charge is 0.352 e. The molecule has 0 bridgehead atoms. The standard InChI is InChI=1S/C15H10ClNO/c16-11-4-1-3-10(7-11)13-5-2-6-15-14(13)8-12(9-18)17-15/h1-9,17H. The topological polar surface area (TPSA) is 32.9 Å². The van der Waals surface area contributed by atoms with Gasteiger partial charge < -0.3 is 4.98 Å². The Morgan fingerprint density at radius 3 is 2.67 bits per heavy atom. The summed E-state index contributed by atoms with van der Waals surface area (Å²) in [5.74, 6) is 0. The van der Waals surface area contributed by atoms with Crippen LogP contribution in [0, 0.1) is 0 Å². The number of nitrogens with one attached hydrogen (secondary N) is 1. The fraction of sp³-hybridized carbons (Fsp3) is 0. The molecule has 0 saturated heterocycles. The van der Waals surface area contributed by atoms with Crippen LogP contribution in [0.25, 0.3) is 22.0 Å². The first-order chi connectivity index (χ1) is 8.78. The number of carbonyl (C=O) groups excluding carboxylic acids is 1. The first-order valence-corrected chi connectivity index (χ1v) is 5.98. The summed E-state index contributed by atoms with van der Waals surface area (Å²) in [6, 6.07) is 15.5. The maximum atomic E-state index is 10.8. The van der Waals surface area contributed by atoms with Crippen LogP contribution in [0.2, 0.25) is 5.02 Å². The zero-order chi connectivity index (χ0) is 12.5. The summed E-state index contributed by atoms with van der Waals surface area (Å²) in [7, 11) is 0. The molecule has 3 heteroatoms. The number of H-pyrrole nitrogens is 1. The van der Waals surface area contributed by atoms with E-state index in [1.165, 1.54) is 0 Å². The van der Waals surface area contributed by atoms with Gasteiger partial charge in [-0.05, 0) is 35.4 Å². The van der Waals surface area contributed by atoms with Gasteiger partial charge in [-0.2, -0.15) is 0 Å². The van der Waals surface area contributed by atoms with E-state index in [1.54, 1.807) is 0 Å². The number of aldehydes is 1. The van der Waals surface area contributed by atoms with Gasteiger partial charge in [0.1, 0.15) is 0 Å². The van der Waals surface area contributed by atoms with Crippen molar-refractivity contribution in [2.75, 3.05) is 0 Å². The quantitative estimate of drug-likeness (QED) is 0.681. The molecule has 1 N–H and O–H groups in total. The molecule has 1 aromatic heterocycles. The van der Waals surface area contributed by atoms with Crippen molar-refractivity contribution in [3.63, 3.8) is 0 Å². The van der Waals surface area contributed by atoms with Gasteiger partial charge in [0.2, 0.25) is 0 Å². The van der Waals surface area contributed by atoms with Gasteiger partial charge in [-0.25, -0.2) is 0 Å². The van der Waals surface area contributed by atoms with Crippen molar-refractivity contribution in [1.82, 2.24) is 4.98 Å². The minimum absolute atomic E-state index is 0.583. The predicted octanol–water partition coefficient (Wildman–Crippen LogP) is 4.30. The van der Waals surface area contributed by atoms with E-state index in [2.05, 4.69) is 4.98 Å². The zero-order valence-corrected chi connectivity index (χ0v) is 10.2. The average Bonchev–Trinajstić information content (AvgIpc) is 2.81. The molecule has 0 fully saturated rings. The van der Waals surface area contributed by atoms with Gasteiger partial charge in [-0.1, -0.05) is 35.9 Å². The maximum absolute atomic E-state index is 10.8. The van der Waals surface area contributed by atoms with E-state index in [-0.39, 0.29) is 0 Å². The van der Waals surface area contributed by atoms with E-state index in [0.717, 1.165) is 28.3 Å². The molecule has 0 spiro atoms. The number of hydrogen-bond donors (Lipinski definition) is 1. The van der Waals surface area contributed by atoms with Crippen LogP contribution < -0.4 is 0 Å². The van der Waals surface area contributed by atoms with Crippen LogP contribution in [0.15, 0.2) is 48.5 Å². The van der Waals surface area contributed by atoms with Crippen LogP contribution in [-0.2, 0) is 0 Å². The minimum atomic E-state index is 0.583. The molecule has 88 valence electrons. The Morgan fingerprint density at radius 1 is 1.06 bits per heavy atom. The second kappa shape index (κ2) is 4.31. The summed E-state index contributed by atoms with van der Waals surface area (Å²) in [6.07, 6.45) is 0.821. The number of rotatable bonds is 2. The summed E-state index contributed by atoms with van der Waals surface area (Å²) in [5, 5.41) is 1.73. The summed E-state index contributed by atoms with van der Waals surface area (Å²) < 4.78 is 0. The second-order valence-electron chi connectivity index (χ2n) is 4.12. The maximum Gasteiger partial charge on any atom is 0.166 e. The van der Waals surface area contributed by atoms with Crippen molar-refractivity contribution in [3.8, 4) is 11.1 Å². The highest BCUT2D eigenvalue weighted by Crippen LogP contribution is 2.30. The van der Waals surface area contributed by atoms with Crippen LogP contribution in [0.4, 0.5) is 0 Å². The van der Waals surface area contributed by atoms with Crippen molar-refractivity contribution in [3.05, 3.63) is 59.2 Å². The highest BCUT2D eigenvalue weighted by Gasteiger charge is 2.07. The fourth-order valence-corrected chi connectivity index (χ4v) is 2.34. The van der Waals surface area contributed by atoms with Gasteiger partial charge in [-0.15, -0.1) is 0 Å². The van der Waals surface area contributed by atoms with Crippen LogP contribution in [0.1, 0.15) is 10.5 Å². The normalized spacial score (nSPS) is 10.7. The Labute approximate surface area is 109 Å². The highest BCUT2D eigenvalue weighted by atomic mass is 35.5. The molecule has 0 aliphatic carbocycles. The van der Waals surface area contributed by atoms with Crippen LogP contribution in [0.5, 0.6) is 0 Å². The van der Waals surface area contributed by atoms with Crippen LogP contribution >= 0.6 is 11.6 Å². The van der Waals surface area contributed by atoms with Gasteiger partial charge in [0.15, 0.2) is 6.29 Å². The third-order valence-corrected chi connectivity index (χ3v) is 3.18. The van der Waals surface area contributed by atoms with Gasteiger partial charge in [0, 0.05) is 15.9 Å². The molecule has 2 aromatic carbocycles. The summed E-state index contributed by atoms with van der Waals surface area (Å²) in [6.45, 7) is 0. The van der Waals surface area contributed by atoms with Crippen molar-refractivity contribution < 1.29 is 4.79 Å². The molecule has 0 aliphatic heterocycles. The number of hydrogen-bond acceptors (Lipinski definition) is 1. The summed E-state index contributed by atoms with van der Waals surface area (Å²) in [4.78, 5) is 13.9. The molecular formula is C15H10ClNO. The van der Waals surface area contributed by atoms with Gasteiger partial charge in [0.05, 0.1) is 5.69 Å². The monoisotopic (exact) mass is 255 g/mol. The Bertz CT molecular complexity index is 730. The number of carbonyl (C=O) groups is 1. The van der Waals surface area contributed by atoms with Crippen molar-refractivity contribution in [2.45, 2.75) is 0 Å². The molecule has 18 heavy (non-hydrogen) atoms. The van der Waals surface area contributed by atoms with Crippen LogP contribution in [0.3, 0.4) is 0 Å². The third kappa shape index (κ3) is 1.81. The summed E-state index contributed by atoms with van der Waals surface area (Å²) in [5.41, 5.74) is 3.65. The Kier molecular flexibility index (Phi) is 2.65. The molecule has 0 amide bonds. The molecule has 2 nitrogen and oxygen atoms in total. The van der Waals surface area contributed by atoms with Gasteiger partial charge in [-0.3, -0.25) is 4.79 Å². The van der Waals surface area contributed by atoms with Crippen molar-refractivity contribution >= 4 is 28.8 Å². The summed E-state index contributed by atoms with van der Waals surface area (Å²) >= 11 is 6.01. The number of fused-ring (bicyclic) bond motifs is 1. The second-order valence-corrected chi connectivity index (χ2v) is 4.56. The lowest BCUT2D eigenvalue weighted by molar-refractivity contribution is 0.112. The van der Waals surface area contributed by atoms with E-state index >= 15 is 0 Å². The molecule has 1 heterocycles. The Hall–Kier alpha value is -2.06. The highest BCUT2D eigenvalue weighted by molar-refractivity contribution is 6.30. The van der Waals surface area contributed by atoms with E-state index in [1.807, 2.05) is 48.5 Å². The molecule has 0 saturated carbocycles. The number of aromatic amines is 1. The molecule has 0 atom stereocenters. The molecular weight excluding hydrogens is 246 g/mol. The van der Waals surface area contributed by atoms with E-state index in [0.29, 0.717) is 10.7 Å². The molecule has 0 unspecified atom stereocenters. The fourth-order valence-electron chi connectivity index (χ4n) is 2.15. The first kappa shape index (κ1) is 11.1. The number of benzene rings is 2. The number of aromatic nitrogens is 1. The molecule has 0 aliphatic rings. The van der Waals surface area contributed by atoms with E-state index < -0.39 is 0 Å². The zero-order valence-electron chi connectivity index (χ0n) is 9.48. The van der Waals surface area contributed by atoms with Gasteiger partial charge in [0.25, 0.3) is 0 Å². The lowest BCUT2D eigenvalue weighted by Crippen LogP contribution is -1.78. The Morgan fingerprint density at radius 2 is 1.89 bits per heavy atom. The van der Waals surface area contributed by atoms with Gasteiger partial charge >= 0.3 is 0 Å². The molecule has 3 rings (SSSR count). The lowest BCUT2D eigenvalue weighted by atomic mass is 10.0. The van der Waals surface area contributed by atoms with Crippen molar-refractivity contribution in [1.29, 1.82) is 0 Å². The minimum Gasteiger partial charge on any atom is -0.352 e. The SMILES string of the molecule is O=Cc1cc2c(-c3cccc(Cl)c3)cccc2[nH]1. The van der Waals surface area contributed by atoms with E-state index in [9.17, 15) is 4.79 Å². The van der Waals surface area contributed by atoms with E-state index in [4.69, 9.17) is 11.6 Å². The van der Waals surface area contributed by atoms with Crippen molar-refractivity contribution in [2.24, 2.45) is 0 Å². The average molecular weight is 256 g/mol. The number of halogens is 1. The predicted molar refractivity (Wildman–Crippen MR) is 74.1 cm³/mol. The van der Waals surface area contributed by atoms with Crippen LogP contribution in [-0.4, -0.2) is 11.3 Å². The first-order valence-electron chi connectivity index (χ1n) is 5.61. The molecule has 0 radical (unpaired) electrons. The smallest absolute Gasteiger partial charge is 0.166 e. The lowest BCUT2D eigenvalue weighted by Gasteiger charge is -2.03. The third-order valence-electron chi connectivity index (χ3n) is 2.95.